The molecule has 1 heterocycles. The fraction of sp³-hybridized carbons (Fsp3) is 0.158. The van der Waals surface area contributed by atoms with Crippen LogP contribution in [0.2, 0.25) is 0 Å². The van der Waals surface area contributed by atoms with Crippen molar-refractivity contribution in [2.24, 2.45) is 0 Å². The van der Waals surface area contributed by atoms with Crippen LogP contribution < -0.4 is 11.1 Å². The molecule has 0 bridgehead atoms. The van der Waals surface area contributed by atoms with Crippen LogP contribution in [0.15, 0.2) is 53.4 Å². The molecule has 3 aromatic rings. The second-order valence-electron chi connectivity index (χ2n) is 5.47. The lowest BCUT2D eigenvalue weighted by Gasteiger charge is -2.03. The second-order valence-corrected chi connectivity index (χ2v) is 7.35. The van der Waals surface area contributed by atoms with E-state index >= 15 is 0 Å². The van der Waals surface area contributed by atoms with Gasteiger partial charge < -0.3 is 11.1 Å². The Kier molecular flexibility index (Phi) is 5.40. The summed E-state index contributed by atoms with van der Waals surface area (Å²) in [6.45, 7) is 2.09. The van der Waals surface area contributed by atoms with Crippen LogP contribution >= 0.6 is 23.1 Å². The summed E-state index contributed by atoms with van der Waals surface area (Å²) in [6, 6.07) is 15.6. The van der Waals surface area contributed by atoms with Crippen LogP contribution in [0.3, 0.4) is 0 Å². The molecule has 1 aromatic heterocycles. The zero-order valence-corrected chi connectivity index (χ0v) is 15.7. The van der Waals surface area contributed by atoms with Gasteiger partial charge in [0.15, 0.2) is 5.13 Å². The lowest BCUT2D eigenvalue weighted by atomic mass is 10.1. The molecule has 0 amide bonds. The van der Waals surface area contributed by atoms with Crippen molar-refractivity contribution in [1.82, 2.24) is 4.98 Å². The highest BCUT2D eigenvalue weighted by Crippen LogP contribution is 2.30. The molecule has 0 spiro atoms. The van der Waals surface area contributed by atoms with E-state index in [1.165, 1.54) is 16.9 Å². The van der Waals surface area contributed by atoms with Crippen molar-refractivity contribution >= 4 is 45.5 Å². The van der Waals surface area contributed by atoms with Crippen LogP contribution in [0.4, 0.5) is 16.6 Å². The van der Waals surface area contributed by atoms with Gasteiger partial charge in [-0.1, -0.05) is 48.6 Å². The van der Waals surface area contributed by atoms with Gasteiger partial charge in [0.05, 0.1) is 0 Å². The third-order valence-corrected chi connectivity index (χ3v) is 5.52. The van der Waals surface area contributed by atoms with Crippen LogP contribution in [0.1, 0.15) is 27.7 Å². The van der Waals surface area contributed by atoms with Crippen molar-refractivity contribution in [1.29, 1.82) is 0 Å². The summed E-state index contributed by atoms with van der Waals surface area (Å²) < 4.78 is 0. The molecule has 0 fully saturated rings. The van der Waals surface area contributed by atoms with E-state index in [4.69, 9.17) is 5.73 Å². The molecule has 0 aliphatic heterocycles. The van der Waals surface area contributed by atoms with Crippen LogP contribution in [0.5, 0.6) is 0 Å². The van der Waals surface area contributed by atoms with E-state index in [1.54, 1.807) is 11.8 Å². The van der Waals surface area contributed by atoms with Gasteiger partial charge >= 0.3 is 0 Å². The van der Waals surface area contributed by atoms with Gasteiger partial charge in [0.1, 0.15) is 10.7 Å². The molecule has 3 N–H and O–H groups in total. The lowest BCUT2D eigenvalue weighted by molar-refractivity contribution is 0.104. The van der Waals surface area contributed by atoms with Crippen molar-refractivity contribution in [2.75, 3.05) is 17.3 Å². The molecule has 128 valence electrons. The molecular weight excluding hydrogens is 350 g/mol. The molecule has 0 saturated carbocycles. The van der Waals surface area contributed by atoms with Crippen molar-refractivity contribution in [3.05, 3.63) is 64.5 Å². The summed E-state index contributed by atoms with van der Waals surface area (Å²) in [7, 11) is 0. The minimum atomic E-state index is -0.0939. The quantitative estimate of drug-likeness (QED) is 0.473. The number of hydrogen-bond acceptors (Lipinski definition) is 6. The monoisotopic (exact) mass is 369 g/mol. The summed E-state index contributed by atoms with van der Waals surface area (Å²) in [4.78, 5) is 18.6. The highest BCUT2D eigenvalue weighted by Gasteiger charge is 2.18. The molecule has 0 radical (unpaired) electrons. The van der Waals surface area contributed by atoms with Gasteiger partial charge in [-0.25, -0.2) is 4.98 Å². The van der Waals surface area contributed by atoms with Gasteiger partial charge in [-0.05, 0) is 36.4 Å². The van der Waals surface area contributed by atoms with Gasteiger partial charge in [-0.3, -0.25) is 4.79 Å². The van der Waals surface area contributed by atoms with Crippen LogP contribution in [0.25, 0.3) is 0 Å². The Hall–Kier alpha value is -2.31. The number of hydrogen-bond donors (Lipinski definition) is 2. The minimum Gasteiger partial charge on any atom is -0.382 e. The van der Waals surface area contributed by atoms with E-state index in [1.807, 2.05) is 54.8 Å². The first-order valence-corrected chi connectivity index (χ1v) is 9.96. The average molecular weight is 370 g/mol. The van der Waals surface area contributed by atoms with E-state index < -0.39 is 0 Å². The Bertz CT molecular complexity index is 888. The molecule has 6 heteroatoms. The maximum Gasteiger partial charge on any atom is 0.206 e. The number of carbonyl (C=O) groups is 1. The van der Waals surface area contributed by atoms with Crippen LogP contribution in [-0.4, -0.2) is 17.0 Å². The SMILES string of the molecule is CCc1ccc(C(=O)c2sc(Nc3cccc(SC)c3)nc2N)cc1. The number of nitrogens with two attached hydrogens (primary N) is 1. The van der Waals surface area contributed by atoms with Gasteiger partial charge in [0.25, 0.3) is 0 Å². The summed E-state index contributed by atoms with van der Waals surface area (Å²) >= 11 is 2.95. The summed E-state index contributed by atoms with van der Waals surface area (Å²) in [5, 5.41) is 3.84. The van der Waals surface area contributed by atoms with E-state index in [2.05, 4.69) is 17.2 Å². The average Bonchev–Trinajstić information content (AvgIpc) is 3.01. The zero-order chi connectivity index (χ0) is 17.8. The molecule has 0 unspecified atom stereocenters. The maximum absolute atomic E-state index is 12.7. The first kappa shape index (κ1) is 17.5. The van der Waals surface area contributed by atoms with Crippen LogP contribution in [-0.2, 0) is 6.42 Å². The molecule has 4 nitrogen and oxygen atoms in total. The third kappa shape index (κ3) is 4.03. The Balaban J connectivity index is 1.82. The molecular formula is C19H19N3OS2. The minimum absolute atomic E-state index is 0.0939. The Morgan fingerprint density at radius 3 is 2.68 bits per heavy atom. The predicted molar refractivity (Wildman–Crippen MR) is 107 cm³/mol. The Labute approximate surface area is 155 Å². The van der Waals surface area contributed by atoms with Gasteiger partial charge in [0.2, 0.25) is 5.78 Å². The van der Waals surface area contributed by atoms with Gasteiger partial charge in [-0.2, -0.15) is 0 Å². The number of nitrogens with one attached hydrogen (secondary N) is 1. The Morgan fingerprint density at radius 2 is 2.00 bits per heavy atom. The Morgan fingerprint density at radius 1 is 1.24 bits per heavy atom. The molecule has 0 saturated heterocycles. The van der Waals surface area contributed by atoms with E-state index in [-0.39, 0.29) is 11.6 Å². The van der Waals surface area contributed by atoms with Crippen molar-refractivity contribution < 1.29 is 4.79 Å². The number of nitrogens with zero attached hydrogens (tertiary/aromatic N) is 1. The number of anilines is 3. The molecule has 25 heavy (non-hydrogen) atoms. The van der Waals surface area contributed by atoms with Crippen molar-refractivity contribution in [3.8, 4) is 0 Å². The van der Waals surface area contributed by atoms with E-state index in [0.717, 1.165) is 17.0 Å². The van der Waals surface area contributed by atoms with Crippen molar-refractivity contribution in [3.63, 3.8) is 0 Å². The number of carbonyl (C=O) groups excluding carboxylic acids is 1. The number of nitrogen functional groups attached to an aromatic ring is 1. The number of aryl methyl sites for hydroxylation is 1. The maximum atomic E-state index is 12.7. The first-order chi connectivity index (χ1) is 12.1. The number of thioether (sulfide) groups is 1. The molecule has 2 aromatic carbocycles. The molecule has 0 atom stereocenters. The number of aromatic nitrogens is 1. The summed E-state index contributed by atoms with van der Waals surface area (Å²) in [5.41, 5.74) is 8.73. The fourth-order valence-corrected chi connectivity index (χ4v) is 3.72. The highest BCUT2D eigenvalue weighted by atomic mass is 32.2. The molecule has 0 aliphatic rings. The first-order valence-electron chi connectivity index (χ1n) is 7.91. The van der Waals surface area contributed by atoms with E-state index in [9.17, 15) is 4.79 Å². The number of rotatable bonds is 6. The zero-order valence-electron chi connectivity index (χ0n) is 14.1. The topological polar surface area (TPSA) is 68.0 Å². The fourth-order valence-electron chi connectivity index (χ4n) is 2.40. The number of ketones is 1. The summed E-state index contributed by atoms with van der Waals surface area (Å²) in [6.07, 6.45) is 2.97. The highest BCUT2D eigenvalue weighted by molar-refractivity contribution is 7.98. The van der Waals surface area contributed by atoms with Gasteiger partial charge in [0, 0.05) is 16.1 Å². The largest absolute Gasteiger partial charge is 0.382 e. The van der Waals surface area contributed by atoms with E-state index in [0.29, 0.717) is 15.6 Å². The van der Waals surface area contributed by atoms with Crippen molar-refractivity contribution in [2.45, 2.75) is 18.2 Å². The van der Waals surface area contributed by atoms with Crippen LogP contribution in [0, 0.1) is 0 Å². The second kappa shape index (κ2) is 7.72. The number of thiazole rings is 1. The third-order valence-electron chi connectivity index (χ3n) is 3.80. The molecule has 3 rings (SSSR count). The number of benzene rings is 2. The van der Waals surface area contributed by atoms with Gasteiger partial charge in [-0.15, -0.1) is 11.8 Å². The predicted octanol–water partition coefficient (Wildman–Crippen LogP) is 4.98. The normalized spacial score (nSPS) is 10.6. The standard InChI is InChI=1S/C19H19N3OS2/c1-3-12-7-9-13(10-8-12)16(23)17-18(20)22-19(25-17)21-14-5-4-6-15(11-14)24-2/h4-11H,3,20H2,1-2H3,(H,21,22). The molecule has 0 aliphatic carbocycles. The lowest BCUT2D eigenvalue weighted by Crippen LogP contribution is -2.02. The summed E-state index contributed by atoms with van der Waals surface area (Å²) in [5.74, 6) is 0.168. The smallest absolute Gasteiger partial charge is 0.206 e.